The van der Waals surface area contributed by atoms with Crippen molar-refractivity contribution >= 4 is 6.03 Å². The Hall–Kier alpha value is -0.770. The highest BCUT2D eigenvalue weighted by Crippen LogP contribution is 1.79. The molecule has 4 heteroatoms. The third kappa shape index (κ3) is 7.59. The number of urea groups is 1. The van der Waals surface area contributed by atoms with E-state index in [4.69, 9.17) is 0 Å². The molecule has 0 unspecified atom stereocenters. The number of carbonyl (C=O) groups excluding carboxylic acids is 1. The molecule has 4 nitrogen and oxygen atoms in total. The lowest BCUT2D eigenvalue weighted by molar-refractivity contribution is 0.236. The van der Waals surface area contributed by atoms with E-state index >= 15 is 0 Å². The Morgan fingerprint density at radius 3 is 2.54 bits per heavy atom. The van der Waals surface area contributed by atoms with Gasteiger partial charge in [0.15, 0.2) is 0 Å². The molecule has 0 heterocycles. The zero-order valence-corrected chi connectivity index (χ0v) is 9.05. The van der Waals surface area contributed by atoms with Crippen LogP contribution < -0.4 is 10.6 Å². The molecule has 0 bridgehead atoms. The summed E-state index contributed by atoms with van der Waals surface area (Å²) in [4.78, 5) is 13.2. The quantitative estimate of drug-likeness (QED) is 0.663. The smallest absolute Gasteiger partial charge is 0.315 e. The normalized spacial score (nSPS) is 10.6. The second-order valence-electron chi connectivity index (χ2n) is 3.45. The standard InChI is InChI=1S/C9H21N3O/c1-5-12(4)7-6-10-9(13)11-8(2)3/h8H,5-7H2,1-4H3,(H2,10,11,13). The molecule has 0 aromatic heterocycles. The first-order chi connectivity index (χ1) is 6.06. The van der Waals surface area contributed by atoms with Crippen molar-refractivity contribution in [2.75, 3.05) is 26.7 Å². The minimum Gasteiger partial charge on any atom is -0.337 e. The molecule has 0 aliphatic heterocycles. The van der Waals surface area contributed by atoms with Gasteiger partial charge in [0.05, 0.1) is 0 Å². The Labute approximate surface area is 80.7 Å². The fourth-order valence-corrected chi connectivity index (χ4v) is 0.832. The molecule has 0 radical (unpaired) electrons. The molecule has 2 N–H and O–H groups in total. The molecule has 0 saturated carbocycles. The van der Waals surface area contributed by atoms with Gasteiger partial charge in [-0.3, -0.25) is 0 Å². The Bertz CT molecular complexity index is 148. The number of rotatable bonds is 5. The molecule has 0 saturated heterocycles. The first-order valence-electron chi connectivity index (χ1n) is 4.79. The van der Waals surface area contributed by atoms with Crippen molar-refractivity contribution in [3.63, 3.8) is 0 Å². The van der Waals surface area contributed by atoms with Gasteiger partial charge < -0.3 is 15.5 Å². The molecule has 0 rings (SSSR count). The van der Waals surface area contributed by atoms with Gasteiger partial charge in [-0.25, -0.2) is 4.79 Å². The fraction of sp³-hybridized carbons (Fsp3) is 0.889. The molecule has 2 amide bonds. The van der Waals surface area contributed by atoms with Crippen LogP contribution in [0.4, 0.5) is 4.79 Å². The first kappa shape index (κ1) is 12.2. The maximum atomic E-state index is 11.1. The van der Waals surface area contributed by atoms with Crippen LogP contribution in [-0.4, -0.2) is 43.7 Å². The topological polar surface area (TPSA) is 44.4 Å². The Balaban J connectivity index is 3.37. The minimum atomic E-state index is -0.0838. The van der Waals surface area contributed by atoms with Gasteiger partial charge in [0.1, 0.15) is 0 Å². The third-order valence-electron chi connectivity index (χ3n) is 1.74. The van der Waals surface area contributed by atoms with E-state index in [0.29, 0.717) is 6.54 Å². The van der Waals surface area contributed by atoms with Gasteiger partial charge in [0.25, 0.3) is 0 Å². The monoisotopic (exact) mass is 187 g/mol. The van der Waals surface area contributed by atoms with Crippen LogP contribution >= 0.6 is 0 Å². The molecule has 0 aliphatic carbocycles. The van der Waals surface area contributed by atoms with Crippen molar-refractivity contribution in [1.29, 1.82) is 0 Å². The molecular weight excluding hydrogens is 166 g/mol. The number of hydrogen-bond donors (Lipinski definition) is 2. The molecule has 0 aromatic rings. The lowest BCUT2D eigenvalue weighted by Crippen LogP contribution is -2.42. The largest absolute Gasteiger partial charge is 0.337 e. The summed E-state index contributed by atoms with van der Waals surface area (Å²) in [6, 6.07) is 0.114. The van der Waals surface area contributed by atoms with Gasteiger partial charge in [-0.2, -0.15) is 0 Å². The number of nitrogens with one attached hydrogen (secondary N) is 2. The average Bonchev–Trinajstić information content (AvgIpc) is 2.02. The van der Waals surface area contributed by atoms with Crippen LogP contribution in [-0.2, 0) is 0 Å². The van der Waals surface area contributed by atoms with Crippen molar-refractivity contribution < 1.29 is 4.79 Å². The summed E-state index contributed by atoms with van der Waals surface area (Å²) in [6.07, 6.45) is 0. The van der Waals surface area contributed by atoms with E-state index in [9.17, 15) is 4.79 Å². The highest BCUT2D eigenvalue weighted by Gasteiger charge is 2.01. The predicted octanol–water partition coefficient (Wildman–Crippen LogP) is 0.646. The summed E-state index contributed by atoms with van der Waals surface area (Å²) in [5.74, 6) is 0. The minimum absolute atomic E-state index is 0.0838. The molecule has 13 heavy (non-hydrogen) atoms. The van der Waals surface area contributed by atoms with Crippen molar-refractivity contribution in [2.24, 2.45) is 0 Å². The lowest BCUT2D eigenvalue weighted by atomic mass is 10.4. The van der Waals surface area contributed by atoms with E-state index in [1.165, 1.54) is 0 Å². The van der Waals surface area contributed by atoms with Crippen LogP contribution in [0.3, 0.4) is 0 Å². The second kappa shape index (κ2) is 6.71. The second-order valence-corrected chi connectivity index (χ2v) is 3.45. The molecule has 0 atom stereocenters. The summed E-state index contributed by atoms with van der Waals surface area (Å²) >= 11 is 0. The van der Waals surface area contributed by atoms with Crippen LogP contribution in [0.5, 0.6) is 0 Å². The number of carbonyl (C=O) groups is 1. The molecule has 0 aliphatic rings. The van der Waals surface area contributed by atoms with Gasteiger partial charge in [-0.15, -0.1) is 0 Å². The van der Waals surface area contributed by atoms with Crippen molar-refractivity contribution in [1.82, 2.24) is 15.5 Å². The highest BCUT2D eigenvalue weighted by molar-refractivity contribution is 5.74. The summed E-state index contributed by atoms with van der Waals surface area (Å²) in [5.41, 5.74) is 0. The predicted molar refractivity (Wildman–Crippen MR) is 54.8 cm³/mol. The fourth-order valence-electron chi connectivity index (χ4n) is 0.832. The summed E-state index contributed by atoms with van der Waals surface area (Å²) in [7, 11) is 2.03. The van der Waals surface area contributed by atoms with Crippen molar-refractivity contribution in [3.05, 3.63) is 0 Å². The van der Waals surface area contributed by atoms with E-state index in [-0.39, 0.29) is 12.1 Å². The maximum Gasteiger partial charge on any atom is 0.315 e. The molecule has 0 spiro atoms. The van der Waals surface area contributed by atoms with Crippen LogP contribution in [0.15, 0.2) is 0 Å². The van der Waals surface area contributed by atoms with E-state index in [0.717, 1.165) is 13.1 Å². The molecular formula is C9H21N3O. The lowest BCUT2D eigenvalue weighted by Gasteiger charge is -2.15. The summed E-state index contributed by atoms with van der Waals surface area (Å²) < 4.78 is 0. The van der Waals surface area contributed by atoms with Crippen molar-refractivity contribution in [2.45, 2.75) is 26.8 Å². The SMILES string of the molecule is CCN(C)CCNC(=O)NC(C)C. The molecule has 78 valence electrons. The Morgan fingerprint density at radius 1 is 1.46 bits per heavy atom. The zero-order valence-electron chi connectivity index (χ0n) is 9.05. The van der Waals surface area contributed by atoms with E-state index in [1.807, 2.05) is 20.9 Å². The Morgan fingerprint density at radius 2 is 2.08 bits per heavy atom. The van der Waals surface area contributed by atoms with Gasteiger partial charge in [-0.1, -0.05) is 6.92 Å². The molecule has 0 fully saturated rings. The van der Waals surface area contributed by atoms with Crippen LogP contribution in [0.2, 0.25) is 0 Å². The number of nitrogens with zero attached hydrogens (tertiary/aromatic N) is 1. The highest BCUT2D eigenvalue weighted by atomic mass is 16.2. The number of likely N-dealkylation sites (N-methyl/N-ethyl adjacent to an activating group) is 1. The summed E-state index contributed by atoms with van der Waals surface area (Å²) in [5, 5.41) is 5.55. The summed E-state index contributed by atoms with van der Waals surface area (Å²) in [6.45, 7) is 8.57. The van der Waals surface area contributed by atoms with E-state index in [1.54, 1.807) is 0 Å². The third-order valence-corrected chi connectivity index (χ3v) is 1.74. The molecule has 0 aromatic carbocycles. The number of hydrogen-bond acceptors (Lipinski definition) is 2. The van der Waals surface area contributed by atoms with Gasteiger partial charge in [-0.05, 0) is 27.4 Å². The van der Waals surface area contributed by atoms with E-state index in [2.05, 4.69) is 22.5 Å². The van der Waals surface area contributed by atoms with Crippen LogP contribution in [0.1, 0.15) is 20.8 Å². The first-order valence-corrected chi connectivity index (χ1v) is 4.79. The van der Waals surface area contributed by atoms with Crippen molar-refractivity contribution in [3.8, 4) is 0 Å². The van der Waals surface area contributed by atoms with Crippen LogP contribution in [0, 0.1) is 0 Å². The van der Waals surface area contributed by atoms with E-state index < -0.39 is 0 Å². The number of amides is 2. The van der Waals surface area contributed by atoms with Gasteiger partial charge in [0, 0.05) is 19.1 Å². The average molecular weight is 187 g/mol. The Kier molecular flexibility index (Phi) is 6.32. The zero-order chi connectivity index (χ0) is 10.3. The van der Waals surface area contributed by atoms with Gasteiger partial charge >= 0.3 is 6.03 Å². The van der Waals surface area contributed by atoms with Gasteiger partial charge in [0.2, 0.25) is 0 Å². The van der Waals surface area contributed by atoms with Crippen LogP contribution in [0.25, 0.3) is 0 Å². The maximum absolute atomic E-state index is 11.1.